The normalized spacial score (nSPS) is 19.2. The van der Waals surface area contributed by atoms with Gasteiger partial charge in [0.1, 0.15) is 12.4 Å². The summed E-state index contributed by atoms with van der Waals surface area (Å²) in [7, 11) is 0. The molecule has 1 aliphatic rings. The number of fused-ring (bicyclic) bond motifs is 1. The summed E-state index contributed by atoms with van der Waals surface area (Å²) >= 11 is 0. The van der Waals surface area contributed by atoms with Gasteiger partial charge in [-0.1, -0.05) is 18.2 Å². The summed E-state index contributed by atoms with van der Waals surface area (Å²) in [5, 5.41) is 7.02. The lowest BCUT2D eigenvalue weighted by Gasteiger charge is -2.27. The van der Waals surface area contributed by atoms with Crippen LogP contribution in [0.3, 0.4) is 0 Å². The van der Waals surface area contributed by atoms with Gasteiger partial charge in [0.25, 0.3) is 0 Å². The first-order valence-corrected chi connectivity index (χ1v) is 6.74. The van der Waals surface area contributed by atoms with E-state index in [0.29, 0.717) is 6.04 Å². The van der Waals surface area contributed by atoms with Crippen molar-refractivity contribution in [1.82, 2.24) is 10.6 Å². The van der Waals surface area contributed by atoms with Gasteiger partial charge in [0.05, 0.1) is 0 Å². The second kappa shape index (κ2) is 5.72. The zero-order valence-electron chi connectivity index (χ0n) is 11.6. The minimum atomic E-state index is 0.192. The van der Waals surface area contributed by atoms with Crippen LogP contribution in [-0.4, -0.2) is 31.3 Å². The van der Waals surface area contributed by atoms with Gasteiger partial charge in [0, 0.05) is 24.7 Å². The van der Waals surface area contributed by atoms with Crippen LogP contribution >= 0.6 is 0 Å². The summed E-state index contributed by atoms with van der Waals surface area (Å²) in [5.41, 5.74) is 1.50. The van der Waals surface area contributed by atoms with Gasteiger partial charge in [-0.25, -0.2) is 0 Å². The maximum atomic E-state index is 5.75. The number of hydrogen-bond acceptors (Lipinski definition) is 3. The molecule has 1 heterocycles. The monoisotopic (exact) mass is 248 g/mol. The van der Waals surface area contributed by atoms with E-state index in [1.54, 1.807) is 0 Å². The smallest absolute Gasteiger partial charge is 0.122 e. The Balaban J connectivity index is 1.73. The van der Waals surface area contributed by atoms with Gasteiger partial charge < -0.3 is 15.4 Å². The Labute approximate surface area is 110 Å². The summed E-state index contributed by atoms with van der Waals surface area (Å²) in [6, 6.07) is 8.73. The molecule has 1 aromatic carbocycles. The summed E-state index contributed by atoms with van der Waals surface area (Å²) in [4.78, 5) is 0. The highest BCUT2D eigenvalue weighted by atomic mass is 16.5. The topological polar surface area (TPSA) is 33.3 Å². The third-order valence-corrected chi connectivity index (χ3v) is 3.09. The fourth-order valence-electron chi connectivity index (χ4n) is 2.17. The fourth-order valence-corrected chi connectivity index (χ4v) is 2.17. The fraction of sp³-hybridized carbons (Fsp3) is 0.600. The molecule has 3 heteroatoms. The van der Waals surface area contributed by atoms with Crippen LogP contribution in [-0.2, 0) is 6.42 Å². The number of nitrogens with one attached hydrogen (secondary N) is 2. The standard InChI is InChI=1S/C15H24N2O/c1-15(2,3)17-9-8-16-13-10-12-6-4-5-7-14(12)18-11-13/h4-7,13,16-17H,8-11H2,1-3H3. The predicted molar refractivity (Wildman–Crippen MR) is 75.2 cm³/mol. The average molecular weight is 248 g/mol. The van der Waals surface area contributed by atoms with E-state index < -0.39 is 0 Å². The van der Waals surface area contributed by atoms with Crippen LogP contribution in [0.25, 0.3) is 0 Å². The first-order chi connectivity index (χ1) is 8.54. The lowest BCUT2D eigenvalue weighted by atomic mass is 10.0. The van der Waals surface area contributed by atoms with Crippen molar-refractivity contribution in [2.75, 3.05) is 19.7 Å². The summed E-state index contributed by atoms with van der Waals surface area (Å²) in [5.74, 6) is 1.04. The molecular weight excluding hydrogens is 224 g/mol. The third kappa shape index (κ3) is 4.00. The molecule has 0 radical (unpaired) electrons. The van der Waals surface area contributed by atoms with Gasteiger partial charge in [0.15, 0.2) is 0 Å². The molecule has 2 N–H and O–H groups in total. The lowest BCUT2D eigenvalue weighted by molar-refractivity contribution is 0.238. The first-order valence-electron chi connectivity index (χ1n) is 6.74. The number of rotatable bonds is 4. The molecule has 3 nitrogen and oxygen atoms in total. The minimum absolute atomic E-state index is 0.192. The Hall–Kier alpha value is -1.06. The first kappa shape index (κ1) is 13.4. The van der Waals surface area contributed by atoms with Crippen LogP contribution in [0.2, 0.25) is 0 Å². The number of hydrogen-bond donors (Lipinski definition) is 2. The highest BCUT2D eigenvalue weighted by Crippen LogP contribution is 2.23. The van der Waals surface area contributed by atoms with Gasteiger partial charge in [-0.3, -0.25) is 0 Å². The molecule has 0 saturated heterocycles. The van der Waals surface area contributed by atoms with E-state index in [4.69, 9.17) is 4.74 Å². The Bertz CT molecular complexity index is 384. The van der Waals surface area contributed by atoms with Crippen LogP contribution in [0.5, 0.6) is 5.75 Å². The maximum Gasteiger partial charge on any atom is 0.122 e. The highest BCUT2D eigenvalue weighted by molar-refractivity contribution is 5.35. The minimum Gasteiger partial charge on any atom is -0.492 e. The van der Waals surface area contributed by atoms with E-state index in [1.165, 1.54) is 5.56 Å². The van der Waals surface area contributed by atoms with Crippen molar-refractivity contribution >= 4 is 0 Å². The van der Waals surface area contributed by atoms with Crippen LogP contribution < -0.4 is 15.4 Å². The number of ether oxygens (including phenoxy) is 1. The molecule has 18 heavy (non-hydrogen) atoms. The highest BCUT2D eigenvalue weighted by Gasteiger charge is 2.18. The van der Waals surface area contributed by atoms with Crippen LogP contribution in [0.1, 0.15) is 26.3 Å². The quantitative estimate of drug-likeness (QED) is 0.799. The van der Waals surface area contributed by atoms with E-state index in [2.05, 4.69) is 43.5 Å². The summed E-state index contributed by atoms with van der Waals surface area (Å²) in [6.07, 6.45) is 1.06. The van der Waals surface area contributed by atoms with E-state index in [-0.39, 0.29) is 5.54 Å². The van der Waals surface area contributed by atoms with Gasteiger partial charge >= 0.3 is 0 Å². The molecule has 1 aromatic rings. The zero-order chi connectivity index (χ0) is 13.0. The van der Waals surface area contributed by atoms with Crippen molar-refractivity contribution in [1.29, 1.82) is 0 Å². The largest absolute Gasteiger partial charge is 0.492 e. The molecule has 0 amide bonds. The zero-order valence-corrected chi connectivity index (χ0v) is 11.6. The Morgan fingerprint density at radius 2 is 2.00 bits per heavy atom. The molecule has 0 saturated carbocycles. The van der Waals surface area contributed by atoms with Gasteiger partial charge in [0.2, 0.25) is 0 Å². The van der Waals surface area contributed by atoms with Gasteiger partial charge in [-0.05, 0) is 38.8 Å². The van der Waals surface area contributed by atoms with Crippen molar-refractivity contribution in [2.24, 2.45) is 0 Å². The second-order valence-electron chi connectivity index (χ2n) is 5.95. The number of para-hydroxylation sites is 1. The molecule has 1 atom stereocenters. The maximum absolute atomic E-state index is 5.75. The lowest BCUT2D eigenvalue weighted by Crippen LogP contribution is -2.45. The van der Waals surface area contributed by atoms with Crippen LogP contribution in [0.15, 0.2) is 24.3 Å². The van der Waals surface area contributed by atoms with E-state index in [1.807, 2.05) is 12.1 Å². The number of benzene rings is 1. The molecule has 1 unspecified atom stereocenters. The van der Waals surface area contributed by atoms with Crippen molar-refractivity contribution in [3.63, 3.8) is 0 Å². The SMILES string of the molecule is CC(C)(C)NCCNC1COc2ccccc2C1. The average Bonchev–Trinajstić information content (AvgIpc) is 2.33. The van der Waals surface area contributed by atoms with Crippen molar-refractivity contribution in [2.45, 2.75) is 38.8 Å². The second-order valence-corrected chi connectivity index (χ2v) is 5.95. The summed E-state index contributed by atoms with van der Waals surface area (Å²) < 4.78 is 5.75. The molecular formula is C15H24N2O. The van der Waals surface area contributed by atoms with Crippen molar-refractivity contribution in [3.8, 4) is 5.75 Å². The Kier molecular flexibility index (Phi) is 4.25. The Morgan fingerprint density at radius 1 is 1.22 bits per heavy atom. The predicted octanol–water partition coefficient (Wildman–Crippen LogP) is 1.97. The molecule has 100 valence electrons. The van der Waals surface area contributed by atoms with E-state index in [9.17, 15) is 0 Å². The van der Waals surface area contributed by atoms with Crippen LogP contribution in [0.4, 0.5) is 0 Å². The van der Waals surface area contributed by atoms with Crippen molar-refractivity contribution in [3.05, 3.63) is 29.8 Å². The van der Waals surface area contributed by atoms with Crippen molar-refractivity contribution < 1.29 is 4.74 Å². The molecule has 0 aliphatic carbocycles. The van der Waals surface area contributed by atoms with Crippen LogP contribution in [0, 0.1) is 0 Å². The molecule has 0 aromatic heterocycles. The molecule has 0 bridgehead atoms. The van der Waals surface area contributed by atoms with Gasteiger partial charge in [-0.2, -0.15) is 0 Å². The van der Waals surface area contributed by atoms with E-state index in [0.717, 1.165) is 31.9 Å². The summed E-state index contributed by atoms with van der Waals surface area (Å²) in [6.45, 7) is 9.30. The molecule has 0 spiro atoms. The molecule has 2 rings (SSSR count). The van der Waals surface area contributed by atoms with E-state index >= 15 is 0 Å². The molecule has 0 fully saturated rings. The Morgan fingerprint density at radius 3 is 2.78 bits per heavy atom. The molecule has 1 aliphatic heterocycles. The third-order valence-electron chi connectivity index (χ3n) is 3.09. The van der Waals surface area contributed by atoms with Gasteiger partial charge in [-0.15, -0.1) is 0 Å².